The second-order valence-corrected chi connectivity index (χ2v) is 8.20. The quantitative estimate of drug-likeness (QED) is 0.212. The van der Waals surface area contributed by atoms with Crippen LogP contribution in [0.25, 0.3) is 11.1 Å². The first kappa shape index (κ1) is 25.3. The summed E-state index contributed by atoms with van der Waals surface area (Å²) in [5, 5.41) is 0. The van der Waals surface area contributed by atoms with Gasteiger partial charge in [0.15, 0.2) is 0 Å². The third-order valence-corrected chi connectivity index (χ3v) is 5.70. The molecule has 1 atom stereocenters. The van der Waals surface area contributed by atoms with Crippen LogP contribution in [0.1, 0.15) is 43.2 Å². The van der Waals surface area contributed by atoms with E-state index in [1.165, 1.54) is 22.3 Å². The second kappa shape index (κ2) is 14.7. The van der Waals surface area contributed by atoms with E-state index in [-0.39, 0.29) is 6.10 Å². The van der Waals surface area contributed by atoms with E-state index < -0.39 is 0 Å². The Labute approximate surface area is 205 Å². The van der Waals surface area contributed by atoms with Crippen LogP contribution in [0.3, 0.4) is 0 Å². The maximum absolute atomic E-state index is 6.46. The van der Waals surface area contributed by atoms with Crippen LogP contribution in [0.5, 0.6) is 0 Å². The molecule has 0 spiro atoms. The van der Waals surface area contributed by atoms with Crippen molar-refractivity contribution in [2.45, 2.75) is 38.2 Å². The molecular formula is C32H36O2. The molecule has 0 aromatic heterocycles. The molecule has 0 amide bonds. The fraction of sp³-hybridized carbons (Fsp3) is 0.250. The molecule has 0 N–H and O–H groups in total. The Hall–Kier alpha value is -3.36. The monoisotopic (exact) mass is 452 g/mol. The van der Waals surface area contributed by atoms with Crippen LogP contribution >= 0.6 is 0 Å². The zero-order valence-corrected chi connectivity index (χ0v) is 20.1. The van der Waals surface area contributed by atoms with Crippen molar-refractivity contribution in [2.75, 3.05) is 13.2 Å². The van der Waals surface area contributed by atoms with Gasteiger partial charge in [-0.15, -0.1) is 0 Å². The minimum atomic E-state index is -0.0103. The Morgan fingerprint density at radius 3 is 1.97 bits per heavy atom. The first-order valence-corrected chi connectivity index (χ1v) is 12.2. The van der Waals surface area contributed by atoms with Crippen molar-refractivity contribution in [1.29, 1.82) is 0 Å². The van der Waals surface area contributed by atoms with Crippen LogP contribution in [0.4, 0.5) is 0 Å². The Balaban J connectivity index is 1.83. The van der Waals surface area contributed by atoms with Crippen LogP contribution in [-0.2, 0) is 9.47 Å². The molecule has 1 aliphatic carbocycles. The second-order valence-electron chi connectivity index (χ2n) is 8.20. The molecule has 176 valence electrons. The molecule has 0 bridgehead atoms. The summed E-state index contributed by atoms with van der Waals surface area (Å²) in [4.78, 5) is 0. The molecule has 0 fully saturated rings. The molecular weight excluding hydrogens is 416 g/mol. The zero-order valence-electron chi connectivity index (χ0n) is 20.1. The summed E-state index contributed by atoms with van der Waals surface area (Å²) in [6, 6.07) is 21.0. The fourth-order valence-corrected chi connectivity index (χ4v) is 3.99. The molecule has 3 rings (SSSR count). The highest BCUT2D eigenvalue weighted by molar-refractivity contribution is 5.82. The molecule has 0 heterocycles. The lowest BCUT2D eigenvalue weighted by molar-refractivity contribution is 0.0910. The molecule has 0 saturated carbocycles. The van der Waals surface area contributed by atoms with Gasteiger partial charge < -0.3 is 9.47 Å². The Morgan fingerprint density at radius 2 is 1.35 bits per heavy atom. The lowest BCUT2D eigenvalue weighted by Crippen LogP contribution is -2.21. The normalized spacial score (nSPS) is 16.1. The lowest BCUT2D eigenvalue weighted by atomic mass is 9.86. The number of benzene rings is 2. The van der Waals surface area contributed by atoms with Crippen molar-refractivity contribution in [3.8, 4) is 0 Å². The average molecular weight is 453 g/mol. The third-order valence-electron chi connectivity index (χ3n) is 5.70. The average Bonchev–Trinajstić information content (AvgIpc) is 2.89. The highest BCUT2D eigenvalue weighted by Gasteiger charge is 2.26. The highest BCUT2D eigenvalue weighted by atomic mass is 16.5. The Morgan fingerprint density at radius 1 is 0.765 bits per heavy atom. The number of allylic oxidation sites excluding steroid dienone is 7. The fourth-order valence-electron chi connectivity index (χ4n) is 3.99. The third kappa shape index (κ3) is 7.90. The topological polar surface area (TPSA) is 18.5 Å². The van der Waals surface area contributed by atoms with Gasteiger partial charge in [0.2, 0.25) is 0 Å². The van der Waals surface area contributed by atoms with E-state index in [1.807, 2.05) is 30.4 Å². The number of hydrogen-bond acceptors (Lipinski definition) is 2. The van der Waals surface area contributed by atoms with E-state index in [2.05, 4.69) is 86.0 Å². The van der Waals surface area contributed by atoms with E-state index in [1.54, 1.807) is 0 Å². The molecule has 1 unspecified atom stereocenters. The van der Waals surface area contributed by atoms with Crippen LogP contribution in [0, 0.1) is 0 Å². The predicted octanol–water partition coefficient (Wildman–Crippen LogP) is 8.33. The van der Waals surface area contributed by atoms with Crippen molar-refractivity contribution < 1.29 is 9.47 Å². The van der Waals surface area contributed by atoms with Gasteiger partial charge in [-0.3, -0.25) is 0 Å². The van der Waals surface area contributed by atoms with Crippen molar-refractivity contribution in [1.82, 2.24) is 0 Å². The van der Waals surface area contributed by atoms with Crippen molar-refractivity contribution in [3.63, 3.8) is 0 Å². The molecule has 2 heteroatoms. The van der Waals surface area contributed by atoms with Gasteiger partial charge >= 0.3 is 0 Å². The Bertz CT molecular complexity index is 1010. The molecule has 0 radical (unpaired) electrons. The first-order valence-electron chi connectivity index (χ1n) is 12.2. The molecule has 2 aromatic carbocycles. The summed E-state index contributed by atoms with van der Waals surface area (Å²) in [5.41, 5.74) is 4.76. The maximum atomic E-state index is 6.46. The zero-order chi connectivity index (χ0) is 23.8. The van der Waals surface area contributed by atoms with Gasteiger partial charge in [-0.1, -0.05) is 110 Å². The number of rotatable bonds is 14. The molecule has 34 heavy (non-hydrogen) atoms. The largest absolute Gasteiger partial charge is 0.493 e. The van der Waals surface area contributed by atoms with Gasteiger partial charge in [0.1, 0.15) is 5.76 Å². The van der Waals surface area contributed by atoms with Gasteiger partial charge in [-0.2, -0.15) is 0 Å². The molecule has 2 aromatic rings. The van der Waals surface area contributed by atoms with Crippen molar-refractivity contribution in [2.24, 2.45) is 0 Å². The summed E-state index contributed by atoms with van der Waals surface area (Å²) >= 11 is 0. The van der Waals surface area contributed by atoms with Gasteiger partial charge in [0.05, 0.1) is 12.7 Å². The summed E-state index contributed by atoms with van der Waals surface area (Å²) in [6.07, 6.45) is 18.7. The smallest absolute Gasteiger partial charge is 0.123 e. The predicted molar refractivity (Wildman–Crippen MR) is 145 cm³/mol. The molecule has 1 aliphatic rings. The van der Waals surface area contributed by atoms with Gasteiger partial charge in [0.25, 0.3) is 0 Å². The van der Waals surface area contributed by atoms with Crippen LogP contribution in [0.2, 0.25) is 0 Å². The summed E-state index contributed by atoms with van der Waals surface area (Å²) in [7, 11) is 0. The van der Waals surface area contributed by atoms with E-state index in [0.717, 1.165) is 37.9 Å². The lowest BCUT2D eigenvalue weighted by Gasteiger charge is -2.29. The Kier molecular flexibility index (Phi) is 10.9. The first-order chi connectivity index (χ1) is 16.8. The summed E-state index contributed by atoms with van der Waals surface area (Å²) in [5.74, 6) is 0.950. The van der Waals surface area contributed by atoms with Gasteiger partial charge in [-0.05, 0) is 48.5 Å². The molecule has 0 saturated heterocycles. The summed E-state index contributed by atoms with van der Waals surface area (Å²) in [6.45, 7) is 8.84. The van der Waals surface area contributed by atoms with Crippen LogP contribution in [0.15, 0.2) is 122 Å². The maximum Gasteiger partial charge on any atom is 0.123 e. The highest BCUT2D eigenvalue weighted by Crippen LogP contribution is 2.38. The van der Waals surface area contributed by atoms with E-state index >= 15 is 0 Å². The van der Waals surface area contributed by atoms with E-state index in [9.17, 15) is 0 Å². The number of ether oxygens (including phenoxy) is 2. The van der Waals surface area contributed by atoms with Crippen LogP contribution in [-0.4, -0.2) is 19.3 Å². The standard InChI is InChI=1S/C32H36O2/c1-3-5-7-9-17-23-33-31-25-30(28-21-15-12-16-22-28)32(34-24-18-10-8-6-4-2)26-29(31)27-19-13-11-14-20-27/h3-8,11-16,19-22,25,32H,1-2,9-10,17-18,23-24,26H2/b7-5+,8-6+. The minimum absolute atomic E-state index is 0.0103. The minimum Gasteiger partial charge on any atom is -0.493 e. The van der Waals surface area contributed by atoms with E-state index in [4.69, 9.17) is 9.47 Å². The number of hydrogen-bond donors (Lipinski definition) is 0. The number of unbranched alkanes of at least 4 members (excludes halogenated alkanes) is 2. The van der Waals surface area contributed by atoms with E-state index in [0.29, 0.717) is 13.2 Å². The van der Waals surface area contributed by atoms with Gasteiger partial charge in [-0.25, -0.2) is 0 Å². The summed E-state index contributed by atoms with van der Waals surface area (Å²) < 4.78 is 12.8. The van der Waals surface area contributed by atoms with Crippen molar-refractivity contribution in [3.05, 3.63) is 133 Å². The van der Waals surface area contributed by atoms with Crippen molar-refractivity contribution >= 4 is 11.1 Å². The molecule has 0 aliphatic heterocycles. The SMILES string of the molecule is C=C/C=C/CCCOC1=C(c2ccccc2)CC(OCCC/C=C/C=C)C(c2ccccc2)=C1. The van der Waals surface area contributed by atoms with Crippen LogP contribution < -0.4 is 0 Å². The molecule has 2 nitrogen and oxygen atoms in total. The van der Waals surface area contributed by atoms with Gasteiger partial charge in [0, 0.05) is 18.6 Å².